The highest BCUT2D eigenvalue weighted by atomic mass is 16.6. The molecule has 0 saturated carbocycles. The van der Waals surface area contributed by atoms with Crippen molar-refractivity contribution in [3.8, 4) is 0 Å². The Hall–Kier alpha value is -1.34. The molecule has 2 amide bonds. The van der Waals surface area contributed by atoms with Crippen LogP contribution in [0.15, 0.2) is 0 Å². The minimum atomic E-state index is -0.525. The van der Waals surface area contributed by atoms with Gasteiger partial charge in [-0.1, -0.05) is 0 Å². The zero-order chi connectivity index (χ0) is 15.6. The summed E-state index contributed by atoms with van der Waals surface area (Å²) < 4.78 is 5.10. The van der Waals surface area contributed by atoms with Crippen molar-refractivity contribution in [1.29, 1.82) is 0 Å². The first-order valence-corrected chi connectivity index (χ1v) is 6.96. The van der Waals surface area contributed by atoms with Crippen molar-refractivity contribution in [2.24, 2.45) is 11.5 Å². The van der Waals surface area contributed by atoms with Gasteiger partial charge in [-0.2, -0.15) is 0 Å². The summed E-state index contributed by atoms with van der Waals surface area (Å²) in [5, 5.41) is 5.30. The van der Waals surface area contributed by atoms with Crippen LogP contribution in [0.4, 0.5) is 4.79 Å². The second-order valence-corrected chi connectivity index (χ2v) is 5.61. The Morgan fingerprint density at radius 2 is 1.80 bits per heavy atom. The number of amides is 2. The summed E-state index contributed by atoms with van der Waals surface area (Å²) in [5.74, 6) is -0.185. The minimum Gasteiger partial charge on any atom is -0.444 e. The second kappa shape index (κ2) is 9.55. The van der Waals surface area contributed by atoms with Crippen LogP contribution in [-0.2, 0) is 9.53 Å². The smallest absolute Gasteiger partial charge is 0.407 e. The highest BCUT2D eigenvalue weighted by Crippen LogP contribution is 2.06. The molecule has 0 aliphatic heterocycles. The van der Waals surface area contributed by atoms with Gasteiger partial charge in [-0.15, -0.1) is 0 Å². The number of nitrogens with one attached hydrogen (secondary N) is 2. The molecule has 0 unspecified atom stereocenters. The molecule has 0 aromatic heterocycles. The van der Waals surface area contributed by atoms with Crippen LogP contribution < -0.4 is 22.1 Å². The van der Waals surface area contributed by atoms with Crippen molar-refractivity contribution < 1.29 is 14.3 Å². The lowest BCUT2D eigenvalue weighted by atomic mass is 10.1. The third kappa shape index (κ3) is 10.6. The van der Waals surface area contributed by atoms with E-state index in [2.05, 4.69) is 10.6 Å². The molecular formula is C13H28N4O3. The number of nitrogens with two attached hydrogens (primary N) is 2. The van der Waals surface area contributed by atoms with Crippen molar-refractivity contribution >= 4 is 12.0 Å². The Morgan fingerprint density at radius 1 is 1.15 bits per heavy atom. The highest BCUT2D eigenvalue weighted by molar-refractivity contribution is 5.81. The summed E-state index contributed by atoms with van der Waals surface area (Å²) in [6, 6.07) is -0.525. The Morgan fingerprint density at radius 3 is 2.35 bits per heavy atom. The van der Waals surface area contributed by atoms with Gasteiger partial charge in [0.05, 0.1) is 6.04 Å². The van der Waals surface area contributed by atoms with Crippen LogP contribution in [0.3, 0.4) is 0 Å². The third-order valence-electron chi connectivity index (χ3n) is 2.39. The van der Waals surface area contributed by atoms with Gasteiger partial charge in [0.15, 0.2) is 0 Å². The Bertz CT molecular complexity index is 302. The van der Waals surface area contributed by atoms with Crippen LogP contribution in [0.2, 0.25) is 0 Å². The molecule has 0 aliphatic carbocycles. The van der Waals surface area contributed by atoms with Crippen molar-refractivity contribution in [3.63, 3.8) is 0 Å². The van der Waals surface area contributed by atoms with Gasteiger partial charge in [0.25, 0.3) is 0 Å². The van der Waals surface area contributed by atoms with Gasteiger partial charge >= 0.3 is 6.09 Å². The number of hydrogen-bond donors (Lipinski definition) is 4. The van der Waals surface area contributed by atoms with Gasteiger partial charge < -0.3 is 26.8 Å². The van der Waals surface area contributed by atoms with E-state index in [1.54, 1.807) is 0 Å². The van der Waals surface area contributed by atoms with Crippen molar-refractivity contribution in [2.75, 3.05) is 19.6 Å². The first-order chi connectivity index (χ1) is 9.26. The summed E-state index contributed by atoms with van der Waals surface area (Å²) >= 11 is 0. The van der Waals surface area contributed by atoms with E-state index >= 15 is 0 Å². The normalized spacial score (nSPS) is 12.7. The molecule has 0 bridgehead atoms. The van der Waals surface area contributed by atoms with Gasteiger partial charge in [0.1, 0.15) is 5.60 Å². The van der Waals surface area contributed by atoms with Crippen LogP contribution >= 0.6 is 0 Å². The molecule has 1 atom stereocenters. The predicted octanol–water partition coefficient (Wildman–Crippen LogP) is 0.0836. The van der Waals surface area contributed by atoms with Gasteiger partial charge in [-0.25, -0.2) is 4.79 Å². The lowest BCUT2D eigenvalue weighted by Gasteiger charge is -2.19. The summed E-state index contributed by atoms with van der Waals surface area (Å²) in [4.78, 5) is 22.8. The molecule has 0 aromatic carbocycles. The second-order valence-electron chi connectivity index (χ2n) is 5.61. The quantitative estimate of drug-likeness (QED) is 0.472. The number of unbranched alkanes of at least 4 members (excludes halogenated alkanes) is 1. The van der Waals surface area contributed by atoms with Gasteiger partial charge in [0.2, 0.25) is 5.91 Å². The summed E-state index contributed by atoms with van der Waals surface area (Å²) in [6.07, 6.45) is 1.65. The molecule has 0 radical (unpaired) electrons. The molecule has 0 aromatic rings. The number of hydrogen-bond acceptors (Lipinski definition) is 5. The monoisotopic (exact) mass is 288 g/mol. The Kier molecular flexibility index (Phi) is 8.91. The molecule has 0 fully saturated rings. The summed E-state index contributed by atoms with van der Waals surface area (Å²) in [5.41, 5.74) is 10.5. The highest BCUT2D eigenvalue weighted by Gasteiger charge is 2.15. The van der Waals surface area contributed by atoms with E-state index < -0.39 is 17.7 Å². The van der Waals surface area contributed by atoms with Crippen LogP contribution in [0, 0.1) is 0 Å². The molecule has 0 heterocycles. The van der Waals surface area contributed by atoms with Crippen molar-refractivity contribution in [1.82, 2.24) is 10.6 Å². The van der Waals surface area contributed by atoms with Crippen LogP contribution in [0.5, 0.6) is 0 Å². The number of ether oxygens (including phenoxy) is 1. The van der Waals surface area contributed by atoms with E-state index in [0.29, 0.717) is 26.1 Å². The first kappa shape index (κ1) is 18.7. The van der Waals surface area contributed by atoms with Crippen LogP contribution in [0.1, 0.15) is 40.0 Å². The third-order valence-corrected chi connectivity index (χ3v) is 2.39. The topological polar surface area (TPSA) is 119 Å². The maximum atomic E-state index is 11.4. The fourth-order valence-electron chi connectivity index (χ4n) is 1.45. The van der Waals surface area contributed by atoms with Crippen molar-refractivity contribution in [2.45, 2.75) is 51.7 Å². The molecule has 20 heavy (non-hydrogen) atoms. The lowest BCUT2D eigenvalue weighted by Crippen LogP contribution is -2.42. The molecular weight excluding hydrogens is 260 g/mol. The van der Waals surface area contributed by atoms with E-state index in [1.807, 2.05) is 20.8 Å². The van der Waals surface area contributed by atoms with E-state index in [-0.39, 0.29) is 5.91 Å². The fraction of sp³-hybridized carbons (Fsp3) is 0.846. The van der Waals surface area contributed by atoms with Gasteiger partial charge in [-0.3, -0.25) is 4.79 Å². The fourth-order valence-corrected chi connectivity index (χ4v) is 1.45. The van der Waals surface area contributed by atoms with E-state index in [1.165, 1.54) is 0 Å². The van der Waals surface area contributed by atoms with E-state index in [9.17, 15) is 9.59 Å². The van der Waals surface area contributed by atoms with E-state index in [4.69, 9.17) is 16.2 Å². The zero-order valence-electron chi connectivity index (χ0n) is 12.7. The number of carbonyl (C=O) groups is 2. The summed E-state index contributed by atoms with van der Waals surface area (Å²) in [7, 11) is 0. The van der Waals surface area contributed by atoms with E-state index in [0.717, 1.165) is 12.8 Å². The Balaban J connectivity index is 3.61. The molecule has 0 aliphatic rings. The average Bonchev–Trinajstić information content (AvgIpc) is 2.32. The average molecular weight is 288 g/mol. The SMILES string of the molecule is CC(C)(C)OC(=O)NCCCC[C@H](N)C(=O)NCCN. The molecule has 6 N–H and O–H groups in total. The van der Waals surface area contributed by atoms with Crippen LogP contribution in [0.25, 0.3) is 0 Å². The number of rotatable bonds is 8. The first-order valence-electron chi connectivity index (χ1n) is 6.96. The zero-order valence-corrected chi connectivity index (χ0v) is 12.7. The van der Waals surface area contributed by atoms with Crippen LogP contribution in [-0.4, -0.2) is 43.3 Å². The minimum absolute atomic E-state index is 0.185. The largest absolute Gasteiger partial charge is 0.444 e. The maximum absolute atomic E-state index is 11.4. The summed E-state index contributed by atoms with van der Waals surface area (Å²) in [6.45, 7) is 6.78. The number of alkyl carbamates (subject to hydrolysis) is 1. The molecule has 7 heteroatoms. The molecule has 0 spiro atoms. The predicted molar refractivity (Wildman–Crippen MR) is 78.1 cm³/mol. The molecule has 0 rings (SSSR count). The van der Waals surface area contributed by atoms with Gasteiger partial charge in [0, 0.05) is 19.6 Å². The van der Waals surface area contributed by atoms with Gasteiger partial charge in [-0.05, 0) is 40.0 Å². The maximum Gasteiger partial charge on any atom is 0.407 e. The number of carbonyl (C=O) groups excluding carboxylic acids is 2. The molecule has 118 valence electrons. The molecule has 0 saturated heterocycles. The Labute approximate surface area is 120 Å². The lowest BCUT2D eigenvalue weighted by molar-refractivity contribution is -0.122. The van der Waals surface area contributed by atoms with Crippen molar-refractivity contribution in [3.05, 3.63) is 0 Å². The molecule has 7 nitrogen and oxygen atoms in total. The standard InChI is InChI=1S/C13H28N4O3/c1-13(2,3)20-12(19)17-8-5-4-6-10(15)11(18)16-9-7-14/h10H,4-9,14-15H2,1-3H3,(H,16,18)(H,17,19)/t10-/m0/s1.